The molecule has 6 nitrogen and oxygen atoms in total. The normalized spacial score (nSPS) is 13.0. The smallest absolute Gasteiger partial charge is 0.224 e. The third-order valence-corrected chi connectivity index (χ3v) is 5.89. The average molecular weight is 427 g/mol. The zero-order chi connectivity index (χ0) is 21.9. The van der Waals surface area contributed by atoms with E-state index in [2.05, 4.69) is 19.9 Å². The lowest BCUT2D eigenvalue weighted by atomic mass is 10.1. The number of oxazole rings is 1. The van der Waals surface area contributed by atoms with Crippen molar-refractivity contribution in [2.75, 3.05) is 5.32 Å². The monoisotopic (exact) mass is 426 g/mol. The van der Waals surface area contributed by atoms with Gasteiger partial charge in [0.25, 0.3) is 0 Å². The summed E-state index contributed by atoms with van der Waals surface area (Å²) in [4.78, 5) is 21.3. The number of amides is 1. The summed E-state index contributed by atoms with van der Waals surface area (Å²) in [6.07, 6.45) is 7.98. The van der Waals surface area contributed by atoms with Crippen LogP contribution in [0, 0.1) is 6.92 Å². The molecule has 0 saturated heterocycles. The van der Waals surface area contributed by atoms with Crippen LogP contribution < -0.4 is 5.32 Å². The van der Waals surface area contributed by atoms with Crippen LogP contribution in [0.4, 0.5) is 5.69 Å². The van der Waals surface area contributed by atoms with Gasteiger partial charge in [-0.1, -0.05) is 29.8 Å². The van der Waals surface area contributed by atoms with Crippen molar-refractivity contribution in [3.05, 3.63) is 78.1 Å². The third-order valence-electron chi connectivity index (χ3n) is 5.89. The van der Waals surface area contributed by atoms with Crippen molar-refractivity contribution in [1.29, 1.82) is 0 Å². The number of aromatic nitrogens is 3. The highest BCUT2D eigenvalue weighted by Gasteiger charge is 2.15. The van der Waals surface area contributed by atoms with Crippen LogP contribution >= 0.6 is 0 Å². The number of rotatable bonds is 6. The van der Waals surface area contributed by atoms with Crippen LogP contribution in [0.3, 0.4) is 0 Å². The molecule has 162 valence electrons. The lowest BCUT2D eigenvalue weighted by Crippen LogP contribution is -2.12. The number of nitrogens with zero attached hydrogens (tertiary/aromatic N) is 3. The maximum Gasteiger partial charge on any atom is 0.224 e. The second-order valence-electron chi connectivity index (χ2n) is 8.29. The van der Waals surface area contributed by atoms with Crippen LogP contribution in [0.2, 0.25) is 0 Å². The van der Waals surface area contributed by atoms with Gasteiger partial charge in [-0.25, -0.2) is 9.97 Å². The van der Waals surface area contributed by atoms with Gasteiger partial charge < -0.3 is 14.3 Å². The maximum atomic E-state index is 12.4. The highest BCUT2D eigenvalue weighted by Crippen LogP contribution is 2.26. The third kappa shape index (κ3) is 4.35. The number of benzene rings is 2. The Balaban J connectivity index is 1.17. The van der Waals surface area contributed by atoms with Gasteiger partial charge in [0.2, 0.25) is 5.91 Å². The lowest BCUT2D eigenvalue weighted by molar-refractivity contribution is -0.116. The molecule has 1 amide bonds. The summed E-state index contributed by atoms with van der Waals surface area (Å²) in [5, 5.41) is 2.96. The van der Waals surface area contributed by atoms with Gasteiger partial charge >= 0.3 is 0 Å². The Bertz CT molecular complexity index is 1220. The Morgan fingerprint density at radius 3 is 2.59 bits per heavy atom. The van der Waals surface area contributed by atoms with E-state index in [4.69, 9.17) is 4.42 Å². The molecule has 0 spiro atoms. The Kier molecular flexibility index (Phi) is 5.58. The molecule has 2 aromatic carbocycles. The standard InChI is InChI=1S/C26H26N4O2/c1-18-5-7-19(8-6-18)23-17-27-25(32-23)14-13-24(31)29-21-11-9-20(10-12-21)26-28-16-22-4-2-3-15-30(22)26/h5-12,16-17H,2-4,13-15H2,1H3,(H,29,31). The van der Waals surface area contributed by atoms with E-state index in [1.807, 2.05) is 61.7 Å². The van der Waals surface area contributed by atoms with Gasteiger partial charge in [0, 0.05) is 48.1 Å². The second-order valence-corrected chi connectivity index (χ2v) is 8.29. The SMILES string of the molecule is Cc1ccc(-c2cnc(CCC(=O)Nc3ccc(-c4ncc5n4CCCC5)cc3)o2)cc1. The highest BCUT2D eigenvalue weighted by molar-refractivity contribution is 5.91. The van der Waals surface area contributed by atoms with Gasteiger partial charge in [0.15, 0.2) is 11.7 Å². The molecule has 32 heavy (non-hydrogen) atoms. The molecular weight excluding hydrogens is 400 g/mol. The van der Waals surface area contributed by atoms with E-state index < -0.39 is 0 Å². The van der Waals surface area contributed by atoms with Crippen molar-refractivity contribution < 1.29 is 9.21 Å². The van der Waals surface area contributed by atoms with Crippen molar-refractivity contribution in [2.45, 2.75) is 45.6 Å². The zero-order valence-corrected chi connectivity index (χ0v) is 18.2. The van der Waals surface area contributed by atoms with Crippen LogP contribution in [0.5, 0.6) is 0 Å². The molecular formula is C26H26N4O2. The molecule has 1 aliphatic rings. The zero-order valence-electron chi connectivity index (χ0n) is 18.2. The van der Waals surface area contributed by atoms with Crippen LogP contribution in [-0.4, -0.2) is 20.4 Å². The first-order valence-corrected chi connectivity index (χ1v) is 11.1. The summed E-state index contributed by atoms with van der Waals surface area (Å²) in [5.74, 6) is 2.23. The van der Waals surface area contributed by atoms with Gasteiger partial charge in [-0.3, -0.25) is 4.79 Å². The molecule has 3 heterocycles. The van der Waals surface area contributed by atoms with Crippen LogP contribution in [0.1, 0.15) is 36.4 Å². The van der Waals surface area contributed by atoms with Gasteiger partial charge in [-0.15, -0.1) is 0 Å². The van der Waals surface area contributed by atoms with Crippen molar-refractivity contribution in [2.24, 2.45) is 0 Å². The first-order chi connectivity index (χ1) is 15.7. The fourth-order valence-corrected chi connectivity index (χ4v) is 4.09. The number of imidazole rings is 1. The van der Waals surface area contributed by atoms with Crippen LogP contribution in [0.15, 0.2) is 65.3 Å². The molecule has 6 heteroatoms. The number of carbonyl (C=O) groups excluding carboxylic acids is 1. The van der Waals surface area contributed by atoms with E-state index in [0.29, 0.717) is 18.7 Å². The van der Waals surface area contributed by atoms with Gasteiger partial charge in [0.1, 0.15) is 5.82 Å². The molecule has 0 atom stereocenters. The average Bonchev–Trinajstić information content (AvgIpc) is 3.46. The number of fused-ring (bicyclic) bond motifs is 1. The summed E-state index contributed by atoms with van der Waals surface area (Å²) >= 11 is 0. The molecule has 0 radical (unpaired) electrons. The van der Waals surface area contributed by atoms with E-state index >= 15 is 0 Å². The number of carbonyl (C=O) groups is 1. The Labute approximate surface area is 187 Å². The molecule has 0 saturated carbocycles. The number of nitrogens with one attached hydrogen (secondary N) is 1. The molecule has 0 unspecified atom stereocenters. The fraction of sp³-hybridized carbons (Fsp3) is 0.269. The summed E-state index contributed by atoms with van der Waals surface area (Å²) in [5.41, 5.74) is 5.33. The Morgan fingerprint density at radius 1 is 1.00 bits per heavy atom. The first kappa shape index (κ1) is 20.2. The van der Waals surface area contributed by atoms with E-state index in [9.17, 15) is 4.79 Å². The molecule has 5 rings (SSSR count). The molecule has 4 aromatic rings. The molecule has 1 N–H and O–H groups in total. The van der Waals surface area contributed by atoms with Crippen molar-refractivity contribution in [1.82, 2.24) is 14.5 Å². The molecule has 1 aliphatic heterocycles. The Hall–Kier alpha value is -3.67. The van der Waals surface area contributed by atoms with Gasteiger partial charge in [-0.2, -0.15) is 0 Å². The summed E-state index contributed by atoms with van der Waals surface area (Å²) < 4.78 is 8.12. The summed E-state index contributed by atoms with van der Waals surface area (Å²) in [6, 6.07) is 16.0. The van der Waals surface area contributed by atoms with E-state index in [1.165, 1.54) is 24.1 Å². The van der Waals surface area contributed by atoms with Crippen molar-refractivity contribution in [3.63, 3.8) is 0 Å². The minimum atomic E-state index is -0.0639. The number of hydrogen-bond donors (Lipinski definition) is 1. The quantitative estimate of drug-likeness (QED) is 0.447. The second kappa shape index (κ2) is 8.83. The first-order valence-electron chi connectivity index (χ1n) is 11.1. The minimum absolute atomic E-state index is 0.0639. The van der Waals surface area contributed by atoms with E-state index in [-0.39, 0.29) is 5.91 Å². The number of hydrogen-bond acceptors (Lipinski definition) is 4. The lowest BCUT2D eigenvalue weighted by Gasteiger charge is -2.16. The maximum absolute atomic E-state index is 12.4. The highest BCUT2D eigenvalue weighted by atomic mass is 16.4. The topological polar surface area (TPSA) is 73.0 Å². The predicted octanol–water partition coefficient (Wildman–Crippen LogP) is 5.42. The van der Waals surface area contributed by atoms with Crippen LogP contribution in [-0.2, 0) is 24.2 Å². The van der Waals surface area contributed by atoms with Crippen molar-refractivity contribution >= 4 is 11.6 Å². The molecule has 0 bridgehead atoms. The van der Waals surface area contributed by atoms with Crippen LogP contribution in [0.25, 0.3) is 22.7 Å². The van der Waals surface area contributed by atoms with Gasteiger partial charge in [0.05, 0.1) is 6.20 Å². The van der Waals surface area contributed by atoms with Gasteiger partial charge in [-0.05, 0) is 50.5 Å². The largest absolute Gasteiger partial charge is 0.441 e. The minimum Gasteiger partial charge on any atom is -0.441 e. The number of anilines is 1. The van der Waals surface area contributed by atoms with E-state index in [0.717, 1.165) is 41.4 Å². The number of aryl methyl sites for hydroxylation is 3. The molecule has 0 fully saturated rings. The molecule has 2 aromatic heterocycles. The summed E-state index contributed by atoms with van der Waals surface area (Å²) in [6.45, 7) is 3.07. The Morgan fingerprint density at radius 2 is 1.78 bits per heavy atom. The van der Waals surface area contributed by atoms with Crippen molar-refractivity contribution in [3.8, 4) is 22.7 Å². The summed E-state index contributed by atoms with van der Waals surface area (Å²) in [7, 11) is 0. The molecule has 0 aliphatic carbocycles. The fourth-order valence-electron chi connectivity index (χ4n) is 4.09. The predicted molar refractivity (Wildman–Crippen MR) is 124 cm³/mol. The van der Waals surface area contributed by atoms with E-state index in [1.54, 1.807) is 6.20 Å².